The Kier molecular flexibility index (Phi) is 5.81. The van der Waals surface area contributed by atoms with Gasteiger partial charge in [-0.15, -0.1) is 11.8 Å². The molecule has 1 aromatic carbocycles. The second-order valence-corrected chi connectivity index (χ2v) is 5.14. The summed E-state index contributed by atoms with van der Waals surface area (Å²) in [5.74, 6) is 1.15. The van der Waals surface area contributed by atoms with Crippen molar-refractivity contribution >= 4 is 11.8 Å². The molecule has 1 unspecified atom stereocenters. The third-order valence-corrected chi connectivity index (χ3v) is 3.43. The van der Waals surface area contributed by atoms with Crippen LogP contribution < -0.4 is 5.32 Å². The molecule has 1 nitrogen and oxygen atoms in total. The fourth-order valence-electron chi connectivity index (χ4n) is 1.47. The van der Waals surface area contributed by atoms with E-state index in [1.807, 2.05) is 11.8 Å². The van der Waals surface area contributed by atoms with Crippen LogP contribution in [-0.4, -0.2) is 17.8 Å². The first-order valence-electron chi connectivity index (χ1n) is 5.66. The van der Waals surface area contributed by atoms with Gasteiger partial charge in [-0.2, -0.15) is 0 Å². The summed E-state index contributed by atoms with van der Waals surface area (Å²) in [5, 5.41) is 3.58. The summed E-state index contributed by atoms with van der Waals surface area (Å²) >= 11 is 1.93. The van der Waals surface area contributed by atoms with Crippen molar-refractivity contribution < 1.29 is 0 Å². The molecular formula is C13H21NS. The highest BCUT2D eigenvalue weighted by Crippen LogP contribution is 2.18. The molecule has 0 heterocycles. The summed E-state index contributed by atoms with van der Waals surface area (Å²) in [6.07, 6.45) is 1.19. The third-order valence-electron chi connectivity index (χ3n) is 2.26. The molecule has 84 valence electrons. The number of rotatable bonds is 6. The SMILES string of the molecule is CCC(CSc1ccccc1)NC(C)C. The standard InChI is InChI=1S/C13H21NS/c1-4-12(14-11(2)3)10-15-13-8-6-5-7-9-13/h5-9,11-12,14H,4,10H2,1-3H3. The predicted octanol–water partition coefficient (Wildman–Crippen LogP) is 3.56. The van der Waals surface area contributed by atoms with Crippen LogP contribution in [0.1, 0.15) is 27.2 Å². The molecule has 0 fully saturated rings. The summed E-state index contributed by atoms with van der Waals surface area (Å²) in [7, 11) is 0. The van der Waals surface area contributed by atoms with Crippen molar-refractivity contribution in [2.75, 3.05) is 5.75 Å². The second-order valence-electron chi connectivity index (χ2n) is 4.05. The molecule has 1 atom stereocenters. The molecule has 15 heavy (non-hydrogen) atoms. The first-order valence-corrected chi connectivity index (χ1v) is 6.64. The topological polar surface area (TPSA) is 12.0 Å². The lowest BCUT2D eigenvalue weighted by atomic mass is 10.2. The van der Waals surface area contributed by atoms with Crippen molar-refractivity contribution in [3.8, 4) is 0 Å². The van der Waals surface area contributed by atoms with Crippen LogP contribution in [0.15, 0.2) is 35.2 Å². The highest BCUT2D eigenvalue weighted by Gasteiger charge is 2.07. The fraction of sp³-hybridized carbons (Fsp3) is 0.538. The first kappa shape index (κ1) is 12.6. The van der Waals surface area contributed by atoms with Crippen molar-refractivity contribution in [3.63, 3.8) is 0 Å². The Hall–Kier alpha value is -0.470. The van der Waals surface area contributed by atoms with E-state index in [1.165, 1.54) is 11.3 Å². The Balaban J connectivity index is 2.34. The molecule has 0 bridgehead atoms. The van der Waals surface area contributed by atoms with Crippen molar-refractivity contribution in [3.05, 3.63) is 30.3 Å². The molecule has 0 saturated carbocycles. The minimum absolute atomic E-state index is 0.575. The number of thioether (sulfide) groups is 1. The van der Waals surface area contributed by atoms with Gasteiger partial charge in [-0.1, -0.05) is 39.0 Å². The normalized spacial score (nSPS) is 13.1. The summed E-state index contributed by atoms with van der Waals surface area (Å²) in [6.45, 7) is 6.65. The maximum absolute atomic E-state index is 3.58. The highest BCUT2D eigenvalue weighted by atomic mass is 32.2. The summed E-state index contributed by atoms with van der Waals surface area (Å²) in [4.78, 5) is 1.36. The number of nitrogens with one attached hydrogen (secondary N) is 1. The fourth-order valence-corrected chi connectivity index (χ4v) is 2.54. The van der Waals surface area contributed by atoms with Gasteiger partial charge in [-0.3, -0.25) is 0 Å². The molecule has 0 amide bonds. The zero-order valence-corrected chi connectivity index (χ0v) is 10.7. The lowest BCUT2D eigenvalue weighted by molar-refractivity contribution is 0.485. The van der Waals surface area contributed by atoms with Crippen molar-refractivity contribution in [2.45, 2.75) is 44.2 Å². The van der Waals surface area contributed by atoms with E-state index in [9.17, 15) is 0 Å². The molecule has 0 saturated heterocycles. The van der Waals surface area contributed by atoms with Crippen molar-refractivity contribution in [1.29, 1.82) is 0 Å². The number of benzene rings is 1. The van der Waals surface area contributed by atoms with E-state index >= 15 is 0 Å². The highest BCUT2D eigenvalue weighted by molar-refractivity contribution is 7.99. The molecule has 1 rings (SSSR count). The van der Waals surface area contributed by atoms with Gasteiger partial charge in [0.1, 0.15) is 0 Å². The smallest absolute Gasteiger partial charge is 0.0161 e. The molecular weight excluding hydrogens is 202 g/mol. The molecule has 0 aromatic heterocycles. The van der Waals surface area contributed by atoms with E-state index in [2.05, 4.69) is 56.4 Å². The molecule has 0 aliphatic rings. The lowest BCUT2D eigenvalue weighted by Gasteiger charge is -2.19. The maximum Gasteiger partial charge on any atom is 0.0161 e. The first-order chi connectivity index (χ1) is 7.22. The van der Waals surface area contributed by atoms with Crippen molar-refractivity contribution in [1.82, 2.24) is 5.32 Å². The zero-order valence-electron chi connectivity index (χ0n) is 9.86. The van der Waals surface area contributed by atoms with Crippen LogP contribution in [0, 0.1) is 0 Å². The van der Waals surface area contributed by atoms with Crippen LogP contribution in [0.25, 0.3) is 0 Å². The predicted molar refractivity (Wildman–Crippen MR) is 69.5 cm³/mol. The molecule has 1 N–H and O–H groups in total. The minimum Gasteiger partial charge on any atom is -0.311 e. The lowest BCUT2D eigenvalue weighted by Crippen LogP contribution is -2.35. The Bertz CT molecular complexity index is 258. The van der Waals surface area contributed by atoms with Gasteiger partial charge in [-0.25, -0.2) is 0 Å². The Morgan fingerprint density at radius 1 is 1.20 bits per heavy atom. The van der Waals surface area contributed by atoms with Gasteiger partial charge in [0.25, 0.3) is 0 Å². The molecule has 0 radical (unpaired) electrons. The van der Waals surface area contributed by atoms with Crippen LogP contribution in [-0.2, 0) is 0 Å². The third kappa shape index (κ3) is 5.24. The van der Waals surface area contributed by atoms with E-state index < -0.39 is 0 Å². The van der Waals surface area contributed by atoms with Gasteiger partial charge in [0, 0.05) is 22.7 Å². The van der Waals surface area contributed by atoms with Crippen LogP contribution >= 0.6 is 11.8 Å². The van der Waals surface area contributed by atoms with E-state index in [-0.39, 0.29) is 0 Å². The quantitative estimate of drug-likeness (QED) is 0.740. The Morgan fingerprint density at radius 2 is 1.87 bits per heavy atom. The molecule has 1 aromatic rings. The van der Waals surface area contributed by atoms with E-state index in [1.54, 1.807) is 0 Å². The molecule has 2 heteroatoms. The van der Waals surface area contributed by atoms with Crippen LogP contribution in [0.5, 0.6) is 0 Å². The van der Waals surface area contributed by atoms with Gasteiger partial charge < -0.3 is 5.32 Å². The van der Waals surface area contributed by atoms with E-state index in [4.69, 9.17) is 0 Å². The van der Waals surface area contributed by atoms with Gasteiger partial charge >= 0.3 is 0 Å². The van der Waals surface area contributed by atoms with Gasteiger partial charge in [0.2, 0.25) is 0 Å². The average Bonchev–Trinajstić information content (AvgIpc) is 2.25. The second kappa shape index (κ2) is 6.91. The van der Waals surface area contributed by atoms with Gasteiger partial charge in [0.05, 0.1) is 0 Å². The zero-order chi connectivity index (χ0) is 11.1. The largest absolute Gasteiger partial charge is 0.311 e. The number of hydrogen-bond donors (Lipinski definition) is 1. The summed E-state index contributed by atoms with van der Waals surface area (Å²) < 4.78 is 0. The van der Waals surface area contributed by atoms with Crippen LogP contribution in [0.3, 0.4) is 0 Å². The Morgan fingerprint density at radius 3 is 2.40 bits per heavy atom. The summed E-state index contributed by atoms with van der Waals surface area (Å²) in [5.41, 5.74) is 0. The van der Waals surface area contributed by atoms with Crippen LogP contribution in [0.4, 0.5) is 0 Å². The maximum atomic E-state index is 3.58. The van der Waals surface area contributed by atoms with Crippen molar-refractivity contribution in [2.24, 2.45) is 0 Å². The monoisotopic (exact) mass is 223 g/mol. The van der Waals surface area contributed by atoms with E-state index in [0.29, 0.717) is 12.1 Å². The van der Waals surface area contributed by atoms with Crippen LogP contribution in [0.2, 0.25) is 0 Å². The molecule has 0 aliphatic heterocycles. The van der Waals surface area contributed by atoms with E-state index in [0.717, 1.165) is 5.75 Å². The van der Waals surface area contributed by atoms with Gasteiger partial charge in [0.15, 0.2) is 0 Å². The average molecular weight is 223 g/mol. The minimum atomic E-state index is 0.575. The molecule has 0 spiro atoms. The summed E-state index contributed by atoms with van der Waals surface area (Å²) in [6, 6.07) is 11.8. The van der Waals surface area contributed by atoms with Gasteiger partial charge in [-0.05, 0) is 18.6 Å². The molecule has 0 aliphatic carbocycles. The number of hydrogen-bond acceptors (Lipinski definition) is 2. The Labute approximate surface area is 97.7 Å².